The van der Waals surface area contributed by atoms with Crippen molar-refractivity contribution in [2.45, 2.75) is 38.6 Å². The Bertz CT molecular complexity index is 864. The van der Waals surface area contributed by atoms with Crippen LogP contribution < -0.4 is 0 Å². The first kappa shape index (κ1) is 17.5. The van der Waals surface area contributed by atoms with Gasteiger partial charge >= 0.3 is 0 Å². The van der Waals surface area contributed by atoms with E-state index < -0.39 is 0 Å². The molecule has 3 heterocycles. The third-order valence-corrected chi connectivity index (χ3v) is 7.08. The smallest absolute Gasteiger partial charge is 0.223 e. The number of carbonyl (C=O) groups excluding carboxylic acids is 1. The summed E-state index contributed by atoms with van der Waals surface area (Å²) in [7, 11) is 0. The van der Waals surface area contributed by atoms with E-state index in [1.54, 1.807) is 11.3 Å². The van der Waals surface area contributed by atoms with Crippen LogP contribution in [0.1, 0.15) is 45.8 Å². The summed E-state index contributed by atoms with van der Waals surface area (Å²) >= 11 is 3.57. The Hall–Kier alpha value is -1.91. The quantitative estimate of drug-likeness (QED) is 0.573. The van der Waals surface area contributed by atoms with E-state index >= 15 is 0 Å². The lowest BCUT2D eigenvalue weighted by molar-refractivity contribution is -0.133. The van der Waals surface area contributed by atoms with Gasteiger partial charge in [-0.05, 0) is 58.8 Å². The van der Waals surface area contributed by atoms with Crippen LogP contribution in [0, 0.1) is 0 Å². The molecule has 0 unspecified atom stereocenters. The van der Waals surface area contributed by atoms with Crippen LogP contribution in [0.4, 0.5) is 0 Å². The number of thiophene rings is 2. The zero-order chi connectivity index (χ0) is 17.9. The lowest BCUT2D eigenvalue weighted by atomic mass is 9.97. The molecular weight excluding hydrogens is 358 g/mol. The molecule has 1 amide bonds. The third-order valence-electron chi connectivity index (χ3n) is 5.16. The van der Waals surface area contributed by atoms with E-state index in [9.17, 15) is 4.79 Å². The molecule has 0 spiro atoms. The maximum Gasteiger partial charge on any atom is 0.223 e. The molecule has 1 aliphatic rings. The SMILES string of the molecule is CCc1ccc(CCC(=O)N2CCc3sccc3[C@@H]2c2cccs2)cc1. The van der Waals surface area contributed by atoms with Crippen LogP contribution in [0.5, 0.6) is 0 Å². The fraction of sp³-hybridized carbons (Fsp3) is 0.318. The van der Waals surface area contributed by atoms with E-state index in [0.29, 0.717) is 6.42 Å². The molecule has 4 rings (SSSR count). The van der Waals surface area contributed by atoms with Gasteiger partial charge in [-0.1, -0.05) is 37.3 Å². The molecule has 1 aromatic carbocycles. The van der Waals surface area contributed by atoms with Crippen LogP contribution in [0.15, 0.2) is 53.2 Å². The average molecular weight is 382 g/mol. The zero-order valence-corrected chi connectivity index (χ0v) is 16.6. The minimum absolute atomic E-state index is 0.0972. The first-order chi connectivity index (χ1) is 12.8. The molecule has 0 saturated carbocycles. The highest BCUT2D eigenvalue weighted by Gasteiger charge is 2.32. The van der Waals surface area contributed by atoms with E-state index in [1.807, 2.05) is 11.3 Å². The van der Waals surface area contributed by atoms with Gasteiger partial charge in [0.25, 0.3) is 0 Å². The topological polar surface area (TPSA) is 20.3 Å². The molecule has 0 fully saturated rings. The van der Waals surface area contributed by atoms with Crippen molar-refractivity contribution in [3.8, 4) is 0 Å². The van der Waals surface area contributed by atoms with Gasteiger partial charge < -0.3 is 4.90 Å². The number of aryl methyl sites for hydroxylation is 2. The number of amides is 1. The number of rotatable bonds is 5. The summed E-state index contributed by atoms with van der Waals surface area (Å²) in [6.45, 7) is 2.99. The van der Waals surface area contributed by atoms with Gasteiger partial charge in [-0.2, -0.15) is 0 Å². The van der Waals surface area contributed by atoms with Gasteiger partial charge in [0.1, 0.15) is 0 Å². The molecule has 0 radical (unpaired) electrons. The Kier molecular flexibility index (Phi) is 5.23. The number of nitrogens with zero attached hydrogens (tertiary/aromatic N) is 1. The second-order valence-corrected chi connectivity index (χ2v) is 8.70. The van der Waals surface area contributed by atoms with Crippen molar-refractivity contribution in [1.82, 2.24) is 4.90 Å². The van der Waals surface area contributed by atoms with Crippen LogP contribution in [0.25, 0.3) is 0 Å². The van der Waals surface area contributed by atoms with Crippen molar-refractivity contribution in [3.05, 3.63) is 79.7 Å². The number of fused-ring (bicyclic) bond motifs is 1. The predicted molar refractivity (Wildman–Crippen MR) is 110 cm³/mol. The van der Waals surface area contributed by atoms with Gasteiger partial charge in [-0.3, -0.25) is 4.79 Å². The number of hydrogen-bond donors (Lipinski definition) is 0. The maximum atomic E-state index is 13.1. The van der Waals surface area contributed by atoms with Crippen molar-refractivity contribution >= 4 is 28.6 Å². The lowest BCUT2D eigenvalue weighted by Gasteiger charge is -2.35. The second kappa shape index (κ2) is 7.77. The van der Waals surface area contributed by atoms with Gasteiger partial charge in [-0.15, -0.1) is 22.7 Å². The molecule has 0 aliphatic carbocycles. The summed E-state index contributed by atoms with van der Waals surface area (Å²) < 4.78 is 0. The zero-order valence-electron chi connectivity index (χ0n) is 15.0. The molecule has 26 heavy (non-hydrogen) atoms. The minimum atomic E-state index is 0.0972. The molecule has 2 nitrogen and oxygen atoms in total. The Labute approximate surface area is 163 Å². The molecular formula is C22H23NOS2. The van der Waals surface area contributed by atoms with Crippen molar-refractivity contribution in [1.29, 1.82) is 0 Å². The van der Waals surface area contributed by atoms with E-state index in [0.717, 1.165) is 25.8 Å². The Morgan fingerprint density at radius 3 is 2.62 bits per heavy atom. The molecule has 3 aromatic rings. The average Bonchev–Trinajstić information content (AvgIpc) is 3.37. The highest BCUT2D eigenvalue weighted by Crippen LogP contribution is 2.39. The Morgan fingerprint density at radius 2 is 1.88 bits per heavy atom. The summed E-state index contributed by atoms with van der Waals surface area (Å²) in [5, 5.41) is 4.27. The first-order valence-electron chi connectivity index (χ1n) is 9.23. The molecule has 1 atom stereocenters. The van der Waals surface area contributed by atoms with E-state index in [-0.39, 0.29) is 11.9 Å². The summed E-state index contributed by atoms with van der Waals surface area (Å²) in [5.74, 6) is 0.264. The van der Waals surface area contributed by atoms with Gasteiger partial charge in [0.15, 0.2) is 0 Å². The number of hydrogen-bond acceptors (Lipinski definition) is 3. The van der Waals surface area contributed by atoms with Crippen molar-refractivity contribution < 1.29 is 4.79 Å². The first-order valence-corrected chi connectivity index (χ1v) is 11.0. The predicted octanol–water partition coefficient (Wildman–Crippen LogP) is 5.48. The molecule has 0 saturated heterocycles. The maximum absolute atomic E-state index is 13.1. The highest BCUT2D eigenvalue weighted by atomic mass is 32.1. The molecule has 134 valence electrons. The van der Waals surface area contributed by atoms with Gasteiger partial charge in [0, 0.05) is 22.7 Å². The van der Waals surface area contributed by atoms with Crippen LogP contribution in [0.2, 0.25) is 0 Å². The Morgan fingerprint density at radius 1 is 1.08 bits per heavy atom. The van der Waals surface area contributed by atoms with Crippen molar-refractivity contribution in [2.75, 3.05) is 6.54 Å². The van der Waals surface area contributed by atoms with Crippen molar-refractivity contribution in [3.63, 3.8) is 0 Å². The summed E-state index contributed by atoms with van der Waals surface area (Å²) in [4.78, 5) is 17.9. The van der Waals surface area contributed by atoms with Gasteiger partial charge in [-0.25, -0.2) is 0 Å². The molecule has 0 bridgehead atoms. The summed E-state index contributed by atoms with van der Waals surface area (Å²) in [5.41, 5.74) is 3.92. The molecule has 0 N–H and O–H groups in total. The second-order valence-electron chi connectivity index (χ2n) is 6.72. The van der Waals surface area contributed by atoms with Crippen LogP contribution in [-0.2, 0) is 24.1 Å². The highest BCUT2D eigenvalue weighted by molar-refractivity contribution is 7.10. The normalized spacial score (nSPS) is 16.5. The monoisotopic (exact) mass is 381 g/mol. The number of benzene rings is 1. The summed E-state index contributed by atoms with van der Waals surface area (Å²) in [6.07, 6.45) is 3.42. The number of carbonyl (C=O) groups is 1. The fourth-order valence-electron chi connectivity index (χ4n) is 3.68. The molecule has 4 heteroatoms. The van der Waals surface area contributed by atoms with Crippen molar-refractivity contribution in [2.24, 2.45) is 0 Å². The van der Waals surface area contributed by atoms with Crippen LogP contribution >= 0.6 is 22.7 Å². The van der Waals surface area contributed by atoms with Crippen LogP contribution in [-0.4, -0.2) is 17.4 Å². The minimum Gasteiger partial charge on any atom is -0.330 e. The van der Waals surface area contributed by atoms with Gasteiger partial charge in [0.2, 0.25) is 5.91 Å². The standard InChI is InChI=1S/C22H23NOS2/c1-2-16-5-7-17(8-6-16)9-10-21(24)23-13-11-19-18(12-15-26-19)22(23)20-4-3-14-25-20/h3-8,12,14-15,22H,2,9-11,13H2,1H3/t22-/m1/s1. The van der Waals surface area contributed by atoms with Crippen LogP contribution in [0.3, 0.4) is 0 Å². The molecule has 1 aliphatic heterocycles. The van der Waals surface area contributed by atoms with E-state index in [4.69, 9.17) is 0 Å². The van der Waals surface area contributed by atoms with Gasteiger partial charge in [0.05, 0.1) is 6.04 Å². The molecule has 2 aromatic heterocycles. The lowest BCUT2D eigenvalue weighted by Crippen LogP contribution is -2.39. The third kappa shape index (κ3) is 3.49. The largest absolute Gasteiger partial charge is 0.330 e. The van der Waals surface area contributed by atoms with E-state index in [1.165, 1.54) is 26.4 Å². The Balaban J connectivity index is 1.50. The summed E-state index contributed by atoms with van der Waals surface area (Å²) in [6, 6.07) is 15.2. The fourth-order valence-corrected chi connectivity index (χ4v) is 5.43. The van der Waals surface area contributed by atoms with E-state index in [2.05, 4.69) is 65.0 Å².